The molecule has 2 aromatic heterocycles. The average Bonchev–Trinajstić information content (AvgIpc) is 3.30. The molecule has 3 aromatic rings. The number of carbonyl (C=O) groups is 1. The number of anilines is 1. The fraction of sp³-hybridized carbons (Fsp3) is 0.409. The van der Waals surface area contributed by atoms with E-state index in [0.29, 0.717) is 11.5 Å². The van der Waals surface area contributed by atoms with Crippen molar-refractivity contribution in [2.45, 2.75) is 33.2 Å². The lowest BCUT2D eigenvalue weighted by Crippen LogP contribution is -2.35. The van der Waals surface area contributed by atoms with E-state index in [1.165, 1.54) is 0 Å². The molecule has 1 atom stereocenters. The van der Waals surface area contributed by atoms with Gasteiger partial charge in [-0.15, -0.1) is 0 Å². The van der Waals surface area contributed by atoms with E-state index in [0.717, 1.165) is 53.5 Å². The number of nitrogens with zero attached hydrogens (tertiary/aromatic N) is 4. The Hall–Kier alpha value is -3.29. The molecule has 1 fully saturated rings. The monoisotopic (exact) mass is 409 g/mol. The van der Waals surface area contributed by atoms with Crippen LogP contribution in [0.25, 0.3) is 16.9 Å². The fourth-order valence-electron chi connectivity index (χ4n) is 4.16. The van der Waals surface area contributed by atoms with Crippen LogP contribution in [0, 0.1) is 13.8 Å². The highest BCUT2D eigenvalue weighted by Gasteiger charge is 2.27. The molecule has 1 aliphatic rings. The summed E-state index contributed by atoms with van der Waals surface area (Å²) < 4.78 is 12.8. The number of nitrogens with one attached hydrogen (secondary N) is 1. The van der Waals surface area contributed by atoms with Crippen molar-refractivity contribution in [2.24, 2.45) is 0 Å². The Labute approximate surface area is 175 Å². The van der Waals surface area contributed by atoms with Crippen molar-refractivity contribution >= 4 is 17.2 Å². The molecule has 1 aromatic carbocycles. The second kappa shape index (κ2) is 7.85. The van der Waals surface area contributed by atoms with E-state index < -0.39 is 0 Å². The van der Waals surface area contributed by atoms with Crippen molar-refractivity contribution in [1.29, 1.82) is 0 Å². The third kappa shape index (κ3) is 3.53. The van der Waals surface area contributed by atoms with Gasteiger partial charge < -0.3 is 19.7 Å². The number of amides is 1. The van der Waals surface area contributed by atoms with Gasteiger partial charge in [-0.3, -0.25) is 4.79 Å². The first-order valence-electron chi connectivity index (χ1n) is 10.0. The molecule has 0 spiro atoms. The number of aryl methyl sites for hydroxylation is 2. The summed E-state index contributed by atoms with van der Waals surface area (Å²) in [5.41, 5.74) is 5.52. The SMILES string of the molecule is COc1ccc(-c2c(C)nc3c(N4CC[C@H](NC(C)=O)C4)cc(C)nn23)cc1OC. The molecule has 4 rings (SSSR count). The van der Waals surface area contributed by atoms with Gasteiger partial charge in [-0.05, 0) is 44.5 Å². The van der Waals surface area contributed by atoms with Crippen molar-refractivity contribution in [3.63, 3.8) is 0 Å². The molecule has 1 N–H and O–H groups in total. The summed E-state index contributed by atoms with van der Waals surface area (Å²) in [6.45, 7) is 7.16. The topological polar surface area (TPSA) is 81.0 Å². The molecule has 1 aliphatic heterocycles. The van der Waals surface area contributed by atoms with Crippen LogP contribution in [0.1, 0.15) is 24.7 Å². The Bertz CT molecular complexity index is 1110. The standard InChI is InChI=1S/C22H27N5O3/c1-13-10-18(26-9-8-17(12-26)24-15(3)28)22-23-14(2)21(27(22)25-13)16-6-7-19(29-4)20(11-16)30-5/h6-7,10-11,17H,8-9,12H2,1-5H3,(H,24,28)/t17-/m0/s1. The van der Waals surface area contributed by atoms with Crippen LogP contribution in [0.15, 0.2) is 24.3 Å². The summed E-state index contributed by atoms with van der Waals surface area (Å²) in [5, 5.41) is 7.78. The Morgan fingerprint density at radius 1 is 1.17 bits per heavy atom. The molecule has 8 nitrogen and oxygen atoms in total. The maximum atomic E-state index is 11.4. The van der Waals surface area contributed by atoms with Crippen molar-refractivity contribution in [2.75, 3.05) is 32.2 Å². The number of carbonyl (C=O) groups excluding carboxylic acids is 1. The van der Waals surface area contributed by atoms with Gasteiger partial charge in [-0.2, -0.15) is 5.10 Å². The second-order valence-corrected chi connectivity index (χ2v) is 7.65. The minimum Gasteiger partial charge on any atom is -0.493 e. The molecule has 0 unspecified atom stereocenters. The summed E-state index contributed by atoms with van der Waals surface area (Å²) in [7, 11) is 3.25. The Morgan fingerprint density at radius 3 is 2.63 bits per heavy atom. The normalized spacial score (nSPS) is 16.2. The maximum absolute atomic E-state index is 11.4. The minimum absolute atomic E-state index is 0.00491. The molecule has 0 radical (unpaired) electrons. The lowest BCUT2D eigenvalue weighted by Gasteiger charge is -2.20. The van der Waals surface area contributed by atoms with Crippen LogP contribution in [0.4, 0.5) is 5.69 Å². The van der Waals surface area contributed by atoms with Crippen LogP contribution in [0.3, 0.4) is 0 Å². The maximum Gasteiger partial charge on any atom is 0.217 e. The molecule has 0 bridgehead atoms. The number of methoxy groups -OCH3 is 2. The Morgan fingerprint density at radius 2 is 1.93 bits per heavy atom. The highest BCUT2D eigenvalue weighted by atomic mass is 16.5. The highest BCUT2D eigenvalue weighted by molar-refractivity contribution is 5.77. The zero-order chi connectivity index (χ0) is 21.4. The quantitative estimate of drug-likeness (QED) is 0.698. The molecular weight excluding hydrogens is 382 g/mol. The first-order chi connectivity index (χ1) is 14.4. The van der Waals surface area contributed by atoms with Crippen LogP contribution in [-0.2, 0) is 4.79 Å². The van der Waals surface area contributed by atoms with Gasteiger partial charge in [0.1, 0.15) is 0 Å². The summed E-state index contributed by atoms with van der Waals surface area (Å²) in [5.74, 6) is 1.35. The largest absolute Gasteiger partial charge is 0.493 e. The lowest BCUT2D eigenvalue weighted by atomic mass is 10.1. The van der Waals surface area contributed by atoms with Crippen LogP contribution in [0.2, 0.25) is 0 Å². The summed E-state index contributed by atoms with van der Waals surface area (Å²) in [6.07, 6.45) is 0.912. The van der Waals surface area contributed by atoms with Gasteiger partial charge in [-0.25, -0.2) is 9.50 Å². The Kier molecular flexibility index (Phi) is 5.24. The number of rotatable bonds is 5. The predicted octanol–water partition coefficient (Wildman–Crippen LogP) is 2.75. The molecule has 158 valence electrons. The number of hydrogen-bond donors (Lipinski definition) is 1. The van der Waals surface area contributed by atoms with Crippen molar-refractivity contribution in [1.82, 2.24) is 19.9 Å². The van der Waals surface area contributed by atoms with Gasteiger partial charge in [-0.1, -0.05) is 0 Å². The average molecular weight is 409 g/mol. The number of aromatic nitrogens is 3. The van der Waals surface area contributed by atoms with E-state index in [1.807, 2.05) is 36.6 Å². The minimum atomic E-state index is 0.00491. The third-order valence-electron chi connectivity index (χ3n) is 5.45. The van der Waals surface area contributed by atoms with E-state index >= 15 is 0 Å². The number of fused-ring (bicyclic) bond motifs is 1. The summed E-state index contributed by atoms with van der Waals surface area (Å²) in [4.78, 5) is 18.6. The lowest BCUT2D eigenvalue weighted by molar-refractivity contribution is -0.119. The van der Waals surface area contributed by atoms with E-state index in [4.69, 9.17) is 19.6 Å². The van der Waals surface area contributed by atoms with E-state index in [9.17, 15) is 4.79 Å². The number of ether oxygens (including phenoxy) is 2. The van der Waals surface area contributed by atoms with E-state index in [-0.39, 0.29) is 11.9 Å². The van der Waals surface area contributed by atoms with Gasteiger partial charge in [0.25, 0.3) is 0 Å². The first kappa shape index (κ1) is 20.0. The van der Waals surface area contributed by atoms with Gasteiger partial charge in [0.15, 0.2) is 17.1 Å². The smallest absolute Gasteiger partial charge is 0.217 e. The van der Waals surface area contributed by atoms with Gasteiger partial charge in [0, 0.05) is 31.6 Å². The van der Waals surface area contributed by atoms with Crippen LogP contribution in [-0.4, -0.2) is 53.9 Å². The van der Waals surface area contributed by atoms with Gasteiger partial charge in [0.05, 0.1) is 37.0 Å². The molecule has 1 saturated heterocycles. The van der Waals surface area contributed by atoms with Crippen LogP contribution >= 0.6 is 0 Å². The number of benzene rings is 1. The van der Waals surface area contributed by atoms with Crippen molar-refractivity contribution < 1.29 is 14.3 Å². The predicted molar refractivity (Wildman–Crippen MR) is 115 cm³/mol. The van der Waals surface area contributed by atoms with Crippen molar-refractivity contribution in [3.05, 3.63) is 35.7 Å². The van der Waals surface area contributed by atoms with Gasteiger partial charge >= 0.3 is 0 Å². The summed E-state index contributed by atoms with van der Waals surface area (Å²) in [6, 6.07) is 8.04. The molecule has 0 aliphatic carbocycles. The molecule has 8 heteroatoms. The van der Waals surface area contributed by atoms with E-state index in [2.05, 4.69) is 16.3 Å². The molecule has 3 heterocycles. The first-order valence-corrected chi connectivity index (χ1v) is 10.0. The second-order valence-electron chi connectivity index (χ2n) is 7.65. The van der Waals surface area contributed by atoms with Crippen LogP contribution < -0.4 is 19.7 Å². The number of imidazole rings is 1. The third-order valence-corrected chi connectivity index (χ3v) is 5.45. The fourth-order valence-corrected chi connectivity index (χ4v) is 4.16. The van der Waals surface area contributed by atoms with Crippen molar-refractivity contribution in [3.8, 4) is 22.8 Å². The number of hydrogen-bond acceptors (Lipinski definition) is 6. The zero-order valence-electron chi connectivity index (χ0n) is 18.0. The molecular formula is C22H27N5O3. The summed E-state index contributed by atoms with van der Waals surface area (Å²) >= 11 is 0. The molecule has 1 amide bonds. The zero-order valence-corrected chi connectivity index (χ0v) is 18.0. The Balaban J connectivity index is 1.79. The molecule has 0 saturated carbocycles. The highest BCUT2D eigenvalue weighted by Crippen LogP contribution is 2.35. The van der Waals surface area contributed by atoms with Gasteiger partial charge in [0.2, 0.25) is 5.91 Å². The molecule has 30 heavy (non-hydrogen) atoms. The van der Waals surface area contributed by atoms with Crippen LogP contribution in [0.5, 0.6) is 11.5 Å². The van der Waals surface area contributed by atoms with E-state index in [1.54, 1.807) is 21.1 Å².